The Labute approximate surface area is 120 Å². The molecule has 1 aromatic carbocycles. The topological polar surface area (TPSA) is 49.8 Å². The number of benzene rings is 1. The Morgan fingerprint density at radius 2 is 1.95 bits per heavy atom. The maximum atomic E-state index is 4.43. The van der Waals surface area contributed by atoms with Gasteiger partial charge in [0.25, 0.3) is 0 Å². The number of nitrogens with one attached hydrogen (secondary N) is 2. The average molecular weight is 268 g/mol. The second-order valence-corrected chi connectivity index (χ2v) is 4.67. The molecule has 0 radical (unpaired) electrons. The van der Waals surface area contributed by atoms with Gasteiger partial charge in [0.2, 0.25) is 5.95 Å². The summed E-state index contributed by atoms with van der Waals surface area (Å²) in [6, 6.07) is 10.3. The Morgan fingerprint density at radius 3 is 2.70 bits per heavy atom. The number of hydrogen-bond donors (Lipinski definition) is 2. The number of nitrogens with zero attached hydrogens (tertiary/aromatic N) is 2. The van der Waals surface area contributed by atoms with E-state index in [-0.39, 0.29) is 0 Å². The standard InChI is InChI=1S/C16H20N4/c1-4-9-17-16-19-13(3)10-15(20-16)18-11-14-8-6-5-7-12(14)2/h4-8,10H,1,9,11H2,2-3H3,(H2,17,18,19,20). The first kappa shape index (κ1) is 14.1. The molecule has 0 bridgehead atoms. The maximum Gasteiger partial charge on any atom is 0.225 e. The summed E-state index contributed by atoms with van der Waals surface area (Å²) in [5, 5.41) is 6.45. The van der Waals surface area contributed by atoms with Crippen molar-refractivity contribution < 1.29 is 0 Å². The van der Waals surface area contributed by atoms with Crippen LogP contribution in [0, 0.1) is 13.8 Å². The van der Waals surface area contributed by atoms with Gasteiger partial charge in [-0.3, -0.25) is 0 Å². The van der Waals surface area contributed by atoms with Crippen molar-refractivity contribution in [2.75, 3.05) is 17.2 Å². The summed E-state index contributed by atoms with van der Waals surface area (Å²) in [7, 11) is 0. The highest BCUT2D eigenvalue weighted by Gasteiger charge is 2.02. The summed E-state index contributed by atoms with van der Waals surface area (Å²) in [6.07, 6.45) is 1.78. The molecule has 0 spiro atoms. The quantitative estimate of drug-likeness (QED) is 0.789. The number of aromatic nitrogens is 2. The molecule has 0 aliphatic rings. The number of rotatable bonds is 6. The van der Waals surface area contributed by atoms with Crippen LogP contribution in [0.5, 0.6) is 0 Å². The van der Waals surface area contributed by atoms with Crippen LogP contribution in [0.15, 0.2) is 43.0 Å². The van der Waals surface area contributed by atoms with E-state index in [1.807, 2.05) is 25.1 Å². The summed E-state index contributed by atoms with van der Waals surface area (Å²) in [5.41, 5.74) is 3.47. The predicted molar refractivity (Wildman–Crippen MR) is 84.0 cm³/mol. The van der Waals surface area contributed by atoms with Gasteiger partial charge in [-0.25, -0.2) is 4.98 Å². The molecule has 1 aromatic heterocycles. The Bertz CT molecular complexity index is 593. The molecule has 4 nitrogen and oxygen atoms in total. The van der Waals surface area contributed by atoms with Gasteiger partial charge in [0, 0.05) is 24.8 Å². The van der Waals surface area contributed by atoms with Gasteiger partial charge in [0.05, 0.1) is 0 Å². The van der Waals surface area contributed by atoms with E-state index in [2.05, 4.69) is 46.2 Å². The van der Waals surface area contributed by atoms with Crippen molar-refractivity contribution >= 4 is 11.8 Å². The van der Waals surface area contributed by atoms with Crippen molar-refractivity contribution in [2.24, 2.45) is 0 Å². The van der Waals surface area contributed by atoms with Gasteiger partial charge in [-0.2, -0.15) is 4.98 Å². The molecule has 0 unspecified atom stereocenters. The van der Waals surface area contributed by atoms with Crippen LogP contribution in [-0.2, 0) is 6.54 Å². The van der Waals surface area contributed by atoms with Gasteiger partial charge in [0.15, 0.2) is 0 Å². The Kier molecular flexibility index (Phi) is 4.71. The van der Waals surface area contributed by atoms with Gasteiger partial charge >= 0.3 is 0 Å². The van der Waals surface area contributed by atoms with Crippen molar-refractivity contribution in [3.63, 3.8) is 0 Å². The summed E-state index contributed by atoms with van der Waals surface area (Å²) in [4.78, 5) is 8.77. The van der Waals surface area contributed by atoms with E-state index in [0.717, 1.165) is 18.1 Å². The summed E-state index contributed by atoms with van der Waals surface area (Å²) in [5.74, 6) is 1.45. The van der Waals surface area contributed by atoms with E-state index in [9.17, 15) is 0 Å². The fourth-order valence-corrected chi connectivity index (χ4v) is 1.90. The van der Waals surface area contributed by atoms with Crippen LogP contribution in [0.25, 0.3) is 0 Å². The zero-order valence-electron chi connectivity index (χ0n) is 12.0. The smallest absolute Gasteiger partial charge is 0.225 e. The molecule has 0 amide bonds. The zero-order valence-corrected chi connectivity index (χ0v) is 12.0. The molecule has 2 aromatic rings. The van der Waals surface area contributed by atoms with Crippen molar-refractivity contribution in [3.8, 4) is 0 Å². The van der Waals surface area contributed by atoms with Crippen LogP contribution in [-0.4, -0.2) is 16.5 Å². The third kappa shape index (κ3) is 3.82. The van der Waals surface area contributed by atoms with E-state index >= 15 is 0 Å². The molecular formula is C16H20N4. The highest BCUT2D eigenvalue weighted by molar-refractivity contribution is 5.43. The van der Waals surface area contributed by atoms with Crippen molar-refractivity contribution in [1.29, 1.82) is 0 Å². The average Bonchev–Trinajstić information content (AvgIpc) is 2.44. The molecule has 0 aliphatic heterocycles. The van der Waals surface area contributed by atoms with E-state index in [4.69, 9.17) is 0 Å². The van der Waals surface area contributed by atoms with Crippen LogP contribution in [0.3, 0.4) is 0 Å². The summed E-state index contributed by atoms with van der Waals surface area (Å²) in [6.45, 7) is 9.15. The Morgan fingerprint density at radius 1 is 1.15 bits per heavy atom. The lowest BCUT2D eigenvalue weighted by Crippen LogP contribution is -2.08. The van der Waals surface area contributed by atoms with Crippen LogP contribution in [0.2, 0.25) is 0 Å². The van der Waals surface area contributed by atoms with E-state index in [1.54, 1.807) is 6.08 Å². The fourth-order valence-electron chi connectivity index (χ4n) is 1.90. The van der Waals surface area contributed by atoms with E-state index in [0.29, 0.717) is 12.5 Å². The van der Waals surface area contributed by atoms with Gasteiger partial charge < -0.3 is 10.6 Å². The predicted octanol–water partition coefficient (Wildman–Crippen LogP) is 3.30. The Balaban J connectivity index is 2.07. The lowest BCUT2D eigenvalue weighted by Gasteiger charge is -2.10. The molecule has 0 fully saturated rings. The SMILES string of the molecule is C=CCNc1nc(C)cc(NCc2ccccc2C)n1. The first-order valence-electron chi connectivity index (χ1n) is 6.68. The maximum absolute atomic E-state index is 4.43. The molecule has 1 heterocycles. The number of anilines is 2. The molecule has 2 N–H and O–H groups in total. The molecule has 0 aliphatic carbocycles. The molecule has 4 heteroatoms. The molecule has 20 heavy (non-hydrogen) atoms. The second-order valence-electron chi connectivity index (χ2n) is 4.67. The first-order valence-corrected chi connectivity index (χ1v) is 6.68. The zero-order chi connectivity index (χ0) is 14.4. The molecule has 0 saturated heterocycles. The molecular weight excluding hydrogens is 248 g/mol. The minimum absolute atomic E-state index is 0.622. The molecule has 0 atom stereocenters. The number of aryl methyl sites for hydroxylation is 2. The van der Waals surface area contributed by atoms with Crippen molar-refractivity contribution in [2.45, 2.75) is 20.4 Å². The molecule has 0 saturated carbocycles. The van der Waals surface area contributed by atoms with Crippen LogP contribution < -0.4 is 10.6 Å². The van der Waals surface area contributed by atoms with Gasteiger partial charge in [-0.05, 0) is 25.0 Å². The van der Waals surface area contributed by atoms with Crippen molar-refractivity contribution in [3.05, 3.63) is 59.8 Å². The minimum atomic E-state index is 0.622. The summed E-state index contributed by atoms with van der Waals surface area (Å²) >= 11 is 0. The van der Waals surface area contributed by atoms with E-state index in [1.165, 1.54) is 11.1 Å². The van der Waals surface area contributed by atoms with Crippen molar-refractivity contribution in [1.82, 2.24) is 9.97 Å². The summed E-state index contributed by atoms with van der Waals surface area (Å²) < 4.78 is 0. The molecule has 2 rings (SSSR count). The highest BCUT2D eigenvalue weighted by Crippen LogP contribution is 2.13. The second kappa shape index (κ2) is 6.70. The number of hydrogen-bond acceptors (Lipinski definition) is 4. The van der Waals surface area contributed by atoms with Gasteiger partial charge in [0.1, 0.15) is 5.82 Å². The largest absolute Gasteiger partial charge is 0.366 e. The lowest BCUT2D eigenvalue weighted by molar-refractivity contribution is 1.04. The first-order chi connectivity index (χ1) is 9.69. The molecule has 104 valence electrons. The third-order valence-corrected chi connectivity index (χ3v) is 2.98. The van der Waals surface area contributed by atoms with Gasteiger partial charge in [-0.15, -0.1) is 6.58 Å². The Hall–Kier alpha value is -2.36. The lowest BCUT2D eigenvalue weighted by atomic mass is 10.1. The normalized spacial score (nSPS) is 10.1. The third-order valence-electron chi connectivity index (χ3n) is 2.98. The fraction of sp³-hybridized carbons (Fsp3) is 0.250. The van der Waals surface area contributed by atoms with Crippen LogP contribution in [0.1, 0.15) is 16.8 Å². The van der Waals surface area contributed by atoms with Gasteiger partial charge in [-0.1, -0.05) is 30.3 Å². The van der Waals surface area contributed by atoms with E-state index < -0.39 is 0 Å². The minimum Gasteiger partial charge on any atom is -0.366 e. The monoisotopic (exact) mass is 268 g/mol. The van der Waals surface area contributed by atoms with Crippen LogP contribution in [0.4, 0.5) is 11.8 Å². The van der Waals surface area contributed by atoms with Crippen LogP contribution >= 0.6 is 0 Å². The highest BCUT2D eigenvalue weighted by atomic mass is 15.1.